The molecule has 1 aliphatic rings. The molecule has 0 radical (unpaired) electrons. The summed E-state index contributed by atoms with van der Waals surface area (Å²) in [6.07, 6.45) is 0.937. The van der Waals surface area contributed by atoms with Crippen LogP contribution in [-0.2, 0) is 10.8 Å². The molecule has 1 unspecified atom stereocenters. The maximum Gasteiger partial charge on any atom is 0.150 e. The molecular formula is C15H20O. The van der Waals surface area contributed by atoms with Gasteiger partial charge in [0.15, 0.2) is 0 Å². The summed E-state index contributed by atoms with van der Waals surface area (Å²) >= 11 is 0. The van der Waals surface area contributed by atoms with Crippen LogP contribution in [0.15, 0.2) is 18.2 Å². The van der Waals surface area contributed by atoms with Gasteiger partial charge in [-0.25, -0.2) is 0 Å². The summed E-state index contributed by atoms with van der Waals surface area (Å²) in [5.74, 6) is 0.580. The van der Waals surface area contributed by atoms with E-state index in [1.165, 1.54) is 11.1 Å². The molecule has 1 aromatic carbocycles. The van der Waals surface area contributed by atoms with Crippen LogP contribution in [0.4, 0.5) is 0 Å². The molecule has 0 N–H and O–H groups in total. The van der Waals surface area contributed by atoms with E-state index in [0.29, 0.717) is 5.92 Å². The molecule has 0 fully saturated rings. The molecule has 1 heteroatoms. The monoisotopic (exact) mass is 216 g/mol. The Bertz CT molecular complexity index is 441. The van der Waals surface area contributed by atoms with E-state index in [0.717, 1.165) is 11.8 Å². The van der Waals surface area contributed by atoms with Gasteiger partial charge in [-0.1, -0.05) is 46.8 Å². The molecule has 1 aliphatic carbocycles. The van der Waals surface area contributed by atoms with Gasteiger partial charge in [0.05, 0.1) is 0 Å². The van der Waals surface area contributed by atoms with Gasteiger partial charge >= 0.3 is 0 Å². The minimum Gasteiger partial charge on any atom is -0.298 e. The highest BCUT2D eigenvalue weighted by molar-refractivity contribution is 5.76. The Hall–Kier alpha value is -1.11. The largest absolute Gasteiger partial charge is 0.298 e. The first-order chi connectivity index (χ1) is 7.31. The molecule has 0 saturated heterocycles. The van der Waals surface area contributed by atoms with E-state index in [9.17, 15) is 4.79 Å². The van der Waals surface area contributed by atoms with Crippen molar-refractivity contribution in [1.82, 2.24) is 0 Å². The van der Waals surface area contributed by atoms with Crippen LogP contribution < -0.4 is 0 Å². The number of hydrogen-bond donors (Lipinski definition) is 0. The van der Waals surface area contributed by atoms with Gasteiger partial charge in [0, 0.05) is 5.56 Å². The molecule has 0 spiro atoms. The number of carbonyl (C=O) groups excluding carboxylic acids is 1. The molecule has 1 nitrogen and oxygen atoms in total. The lowest BCUT2D eigenvalue weighted by atomic mass is 9.71. The average Bonchev–Trinajstić information content (AvgIpc) is 2.38. The van der Waals surface area contributed by atoms with E-state index < -0.39 is 0 Å². The van der Waals surface area contributed by atoms with Crippen LogP contribution in [0.2, 0.25) is 0 Å². The van der Waals surface area contributed by atoms with Crippen molar-refractivity contribution >= 4 is 6.29 Å². The lowest BCUT2D eigenvalue weighted by Crippen LogP contribution is -2.30. The molecule has 0 bridgehead atoms. The molecule has 2 rings (SSSR count). The highest BCUT2D eigenvalue weighted by atomic mass is 16.1. The van der Waals surface area contributed by atoms with E-state index in [1.54, 1.807) is 0 Å². The standard InChI is InChI=1S/C15H20O/c1-10-14(2,3)12-7-6-11(9-16)8-13(12)15(10,4)5/h6-10H,1-5H3. The van der Waals surface area contributed by atoms with Crippen molar-refractivity contribution in [1.29, 1.82) is 0 Å². The predicted molar refractivity (Wildman–Crippen MR) is 67.0 cm³/mol. The van der Waals surface area contributed by atoms with Gasteiger partial charge in [0.2, 0.25) is 0 Å². The van der Waals surface area contributed by atoms with E-state index in [4.69, 9.17) is 0 Å². The van der Waals surface area contributed by atoms with Crippen LogP contribution in [0.25, 0.3) is 0 Å². The van der Waals surface area contributed by atoms with Crippen LogP contribution in [-0.4, -0.2) is 6.29 Å². The lowest BCUT2D eigenvalue weighted by molar-refractivity contribution is 0.112. The Kier molecular flexibility index (Phi) is 2.27. The fourth-order valence-electron chi connectivity index (χ4n) is 3.10. The number of benzene rings is 1. The summed E-state index contributed by atoms with van der Waals surface area (Å²) in [4.78, 5) is 10.9. The summed E-state index contributed by atoms with van der Waals surface area (Å²) in [6, 6.07) is 6.12. The third-order valence-corrected chi connectivity index (χ3v) is 4.73. The molecule has 1 aromatic rings. The third-order valence-electron chi connectivity index (χ3n) is 4.73. The first kappa shape index (κ1) is 11.4. The van der Waals surface area contributed by atoms with Crippen LogP contribution in [0.1, 0.15) is 56.1 Å². The zero-order valence-electron chi connectivity index (χ0n) is 10.8. The van der Waals surface area contributed by atoms with E-state index in [1.807, 2.05) is 6.07 Å². The van der Waals surface area contributed by atoms with Crippen LogP contribution in [0.3, 0.4) is 0 Å². The average molecular weight is 216 g/mol. The highest BCUT2D eigenvalue weighted by Crippen LogP contribution is 2.53. The van der Waals surface area contributed by atoms with Crippen molar-refractivity contribution in [2.45, 2.75) is 45.4 Å². The summed E-state index contributed by atoms with van der Waals surface area (Å²) in [5, 5.41) is 0. The fraction of sp³-hybridized carbons (Fsp3) is 0.533. The lowest BCUT2D eigenvalue weighted by Gasteiger charge is -2.32. The SMILES string of the molecule is CC1C(C)(C)c2ccc(C=O)cc2C1(C)C. The van der Waals surface area contributed by atoms with Crippen molar-refractivity contribution in [3.8, 4) is 0 Å². The fourth-order valence-corrected chi connectivity index (χ4v) is 3.10. The molecule has 0 aliphatic heterocycles. The second kappa shape index (κ2) is 3.19. The van der Waals surface area contributed by atoms with Crippen molar-refractivity contribution < 1.29 is 4.79 Å². The number of aldehydes is 1. The normalized spacial score (nSPS) is 25.2. The Morgan fingerprint density at radius 3 is 2.19 bits per heavy atom. The second-order valence-electron chi connectivity index (χ2n) is 6.09. The number of hydrogen-bond acceptors (Lipinski definition) is 1. The van der Waals surface area contributed by atoms with Gasteiger partial charge in [-0.05, 0) is 33.9 Å². The topological polar surface area (TPSA) is 17.1 Å². The Balaban J connectivity index is 2.70. The zero-order chi connectivity index (χ0) is 12.1. The zero-order valence-corrected chi connectivity index (χ0v) is 10.8. The van der Waals surface area contributed by atoms with E-state index >= 15 is 0 Å². The summed E-state index contributed by atoms with van der Waals surface area (Å²) in [5.41, 5.74) is 3.87. The molecule has 1 atom stereocenters. The minimum atomic E-state index is 0.151. The molecule has 0 aromatic heterocycles. The van der Waals surface area contributed by atoms with Crippen molar-refractivity contribution in [2.75, 3.05) is 0 Å². The van der Waals surface area contributed by atoms with Gasteiger partial charge in [0.25, 0.3) is 0 Å². The van der Waals surface area contributed by atoms with Crippen LogP contribution in [0, 0.1) is 5.92 Å². The Morgan fingerprint density at radius 1 is 1.06 bits per heavy atom. The van der Waals surface area contributed by atoms with Gasteiger partial charge in [-0.2, -0.15) is 0 Å². The van der Waals surface area contributed by atoms with Crippen molar-refractivity contribution in [3.05, 3.63) is 34.9 Å². The molecule has 16 heavy (non-hydrogen) atoms. The predicted octanol–water partition coefficient (Wildman–Crippen LogP) is 3.70. The third kappa shape index (κ3) is 1.27. The maximum atomic E-state index is 10.9. The molecule has 0 heterocycles. The smallest absolute Gasteiger partial charge is 0.150 e. The Morgan fingerprint density at radius 2 is 1.62 bits per heavy atom. The summed E-state index contributed by atoms with van der Waals surface area (Å²) in [6.45, 7) is 11.5. The summed E-state index contributed by atoms with van der Waals surface area (Å²) in [7, 11) is 0. The number of rotatable bonds is 1. The van der Waals surface area contributed by atoms with Crippen LogP contribution >= 0.6 is 0 Å². The van der Waals surface area contributed by atoms with Gasteiger partial charge in [-0.15, -0.1) is 0 Å². The van der Waals surface area contributed by atoms with Crippen LogP contribution in [0.5, 0.6) is 0 Å². The van der Waals surface area contributed by atoms with Crippen molar-refractivity contribution in [2.24, 2.45) is 5.92 Å². The van der Waals surface area contributed by atoms with Gasteiger partial charge in [0.1, 0.15) is 6.29 Å². The second-order valence-corrected chi connectivity index (χ2v) is 6.09. The molecular weight excluding hydrogens is 196 g/mol. The first-order valence-electron chi connectivity index (χ1n) is 5.92. The number of fused-ring (bicyclic) bond motifs is 1. The minimum absolute atomic E-state index is 0.151. The van der Waals surface area contributed by atoms with Gasteiger partial charge < -0.3 is 0 Å². The quantitative estimate of drug-likeness (QED) is 0.654. The van der Waals surface area contributed by atoms with E-state index in [-0.39, 0.29) is 10.8 Å². The maximum absolute atomic E-state index is 10.9. The van der Waals surface area contributed by atoms with Crippen molar-refractivity contribution in [3.63, 3.8) is 0 Å². The first-order valence-corrected chi connectivity index (χ1v) is 5.92. The summed E-state index contributed by atoms with van der Waals surface area (Å²) < 4.78 is 0. The Labute approximate surface area is 97.9 Å². The molecule has 86 valence electrons. The molecule has 0 saturated carbocycles. The highest BCUT2D eigenvalue weighted by Gasteiger charge is 2.48. The molecule has 0 amide bonds. The van der Waals surface area contributed by atoms with Gasteiger partial charge in [-0.3, -0.25) is 4.79 Å². The van der Waals surface area contributed by atoms with E-state index in [2.05, 4.69) is 46.8 Å². The number of carbonyl (C=O) groups is 1.